The molecule has 1 aliphatic carbocycles. The Morgan fingerprint density at radius 1 is 1.00 bits per heavy atom. The third-order valence-corrected chi connectivity index (χ3v) is 4.94. The molecular formula is C21H22N2O4. The predicted octanol–water partition coefficient (Wildman–Crippen LogP) is 2.95. The largest absolute Gasteiger partial charge is 0.481 e. The van der Waals surface area contributed by atoms with Gasteiger partial charge in [0.15, 0.2) is 0 Å². The highest BCUT2D eigenvalue weighted by molar-refractivity contribution is 6.07. The fourth-order valence-electron chi connectivity index (χ4n) is 3.36. The van der Waals surface area contributed by atoms with Crippen molar-refractivity contribution in [3.05, 3.63) is 65.7 Å². The highest BCUT2D eigenvalue weighted by Gasteiger charge is 2.30. The molecule has 2 atom stereocenters. The monoisotopic (exact) mass is 366 g/mol. The molecule has 1 saturated carbocycles. The molecule has 1 fully saturated rings. The van der Waals surface area contributed by atoms with Gasteiger partial charge in [-0.05, 0) is 49.6 Å². The minimum atomic E-state index is -0.816. The lowest BCUT2D eigenvalue weighted by molar-refractivity contribution is -0.141. The molecule has 2 aromatic rings. The Kier molecular flexibility index (Phi) is 5.54. The van der Waals surface area contributed by atoms with Crippen molar-refractivity contribution in [2.24, 2.45) is 5.92 Å². The number of nitrogens with one attached hydrogen (secondary N) is 1. The third kappa shape index (κ3) is 4.34. The number of benzene rings is 2. The lowest BCUT2D eigenvalue weighted by Crippen LogP contribution is -2.33. The van der Waals surface area contributed by atoms with Gasteiger partial charge in [-0.15, -0.1) is 0 Å². The van der Waals surface area contributed by atoms with E-state index in [0.29, 0.717) is 30.4 Å². The molecule has 2 aromatic carbocycles. The number of hydrogen-bond donors (Lipinski definition) is 2. The van der Waals surface area contributed by atoms with E-state index in [1.54, 1.807) is 31.3 Å². The number of carboxylic acids is 1. The molecule has 2 N–H and O–H groups in total. The van der Waals surface area contributed by atoms with Gasteiger partial charge in [0.2, 0.25) is 0 Å². The van der Waals surface area contributed by atoms with Crippen molar-refractivity contribution < 1.29 is 19.5 Å². The summed E-state index contributed by atoms with van der Waals surface area (Å²) in [4.78, 5) is 37.8. The number of nitrogens with zero attached hydrogens (tertiary/aromatic N) is 1. The van der Waals surface area contributed by atoms with E-state index in [1.165, 1.54) is 4.90 Å². The standard InChI is InChI=1S/C21H22N2O4/c1-23(18-8-3-2-4-9-18)20(25)15-7-5-6-14(12-15)19(24)22-17-11-10-16(13-17)21(26)27/h2-9,12,16-17H,10-11,13H2,1H3,(H,22,24)(H,26,27)/t16-,17+/m0/s1. The smallest absolute Gasteiger partial charge is 0.306 e. The van der Waals surface area contributed by atoms with E-state index < -0.39 is 11.9 Å². The second-order valence-corrected chi connectivity index (χ2v) is 6.80. The van der Waals surface area contributed by atoms with Gasteiger partial charge < -0.3 is 15.3 Å². The van der Waals surface area contributed by atoms with Gasteiger partial charge >= 0.3 is 5.97 Å². The Hall–Kier alpha value is -3.15. The summed E-state index contributed by atoms with van der Waals surface area (Å²) in [7, 11) is 1.69. The van der Waals surface area contributed by atoms with Gasteiger partial charge in [-0.2, -0.15) is 0 Å². The Labute approximate surface area is 157 Å². The molecule has 0 radical (unpaired) electrons. The summed E-state index contributed by atoms with van der Waals surface area (Å²) in [6.45, 7) is 0. The zero-order valence-corrected chi connectivity index (χ0v) is 15.1. The van der Waals surface area contributed by atoms with Gasteiger partial charge in [-0.25, -0.2) is 0 Å². The van der Waals surface area contributed by atoms with Crippen LogP contribution in [0.5, 0.6) is 0 Å². The molecule has 0 saturated heterocycles. The summed E-state index contributed by atoms with van der Waals surface area (Å²) >= 11 is 0. The molecule has 0 spiro atoms. The Morgan fingerprint density at radius 2 is 1.70 bits per heavy atom. The summed E-state index contributed by atoms with van der Waals surface area (Å²) in [5, 5.41) is 12.0. The molecule has 0 aromatic heterocycles. The van der Waals surface area contributed by atoms with Gasteiger partial charge in [-0.3, -0.25) is 14.4 Å². The summed E-state index contributed by atoms with van der Waals surface area (Å²) in [5.74, 6) is -1.71. The van der Waals surface area contributed by atoms with Crippen molar-refractivity contribution in [2.75, 3.05) is 11.9 Å². The topological polar surface area (TPSA) is 86.7 Å². The van der Waals surface area contributed by atoms with Crippen molar-refractivity contribution >= 4 is 23.5 Å². The molecule has 0 heterocycles. The number of amides is 2. The Balaban J connectivity index is 1.69. The molecule has 6 heteroatoms. The molecule has 0 unspecified atom stereocenters. The number of hydrogen-bond acceptors (Lipinski definition) is 3. The zero-order chi connectivity index (χ0) is 19.4. The Morgan fingerprint density at radius 3 is 2.37 bits per heavy atom. The van der Waals surface area contributed by atoms with Crippen molar-refractivity contribution in [3.63, 3.8) is 0 Å². The van der Waals surface area contributed by atoms with Crippen LogP contribution in [0.1, 0.15) is 40.0 Å². The molecule has 3 rings (SSSR count). The Bertz CT molecular complexity index is 850. The SMILES string of the molecule is CN(C(=O)c1cccc(C(=O)N[C@@H]2CC[C@H](C(=O)O)C2)c1)c1ccccc1. The van der Waals surface area contributed by atoms with Crippen LogP contribution in [0.25, 0.3) is 0 Å². The lowest BCUT2D eigenvalue weighted by Gasteiger charge is -2.18. The molecule has 1 aliphatic rings. The molecule has 140 valence electrons. The second-order valence-electron chi connectivity index (χ2n) is 6.80. The number of anilines is 1. The summed E-state index contributed by atoms with van der Waals surface area (Å²) < 4.78 is 0. The van der Waals surface area contributed by atoms with Crippen molar-refractivity contribution in [2.45, 2.75) is 25.3 Å². The van der Waals surface area contributed by atoms with Gasteiger partial charge in [0.25, 0.3) is 11.8 Å². The van der Waals surface area contributed by atoms with Crippen LogP contribution < -0.4 is 10.2 Å². The molecule has 6 nitrogen and oxygen atoms in total. The lowest BCUT2D eigenvalue weighted by atomic mass is 10.1. The van der Waals surface area contributed by atoms with E-state index in [9.17, 15) is 14.4 Å². The molecular weight excluding hydrogens is 344 g/mol. The number of aliphatic carboxylic acids is 1. The first kappa shape index (κ1) is 18.6. The maximum absolute atomic E-state index is 12.7. The number of carbonyl (C=O) groups excluding carboxylic acids is 2. The van der Waals surface area contributed by atoms with E-state index in [1.807, 2.05) is 30.3 Å². The number of carbonyl (C=O) groups is 3. The number of carboxylic acid groups (broad SMARTS) is 1. The molecule has 2 amide bonds. The van der Waals surface area contributed by atoms with E-state index in [-0.39, 0.29) is 17.9 Å². The third-order valence-electron chi connectivity index (χ3n) is 4.94. The summed E-state index contributed by atoms with van der Waals surface area (Å²) in [5.41, 5.74) is 1.58. The number of para-hydroxylation sites is 1. The minimum Gasteiger partial charge on any atom is -0.481 e. The fraction of sp³-hybridized carbons (Fsp3) is 0.286. The quantitative estimate of drug-likeness (QED) is 0.852. The van der Waals surface area contributed by atoms with E-state index in [2.05, 4.69) is 5.32 Å². The van der Waals surface area contributed by atoms with Crippen molar-refractivity contribution in [1.82, 2.24) is 5.32 Å². The van der Waals surface area contributed by atoms with Gasteiger partial charge in [0.05, 0.1) is 5.92 Å². The molecule has 0 bridgehead atoms. The van der Waals surface area contributed by atoms with Crippen LogP contribution in [0, 0.1) is 5.92 Å². The second kappa shape index (κ2) is 8.03. The van der Waals surface area contributed by atoms with Gasteiger partial charge in [-0.1, -0.05) is 24.3 Å². The predicted molar refractivity (Wildman–Crippen MR) is 102 cm³/mol. The maximum atomic E-state index is 12.7. The normalized spacial score (nSPS) is 18.7. The average molecular weight is 366 g/mol. The minimum absolute atomic E-state index is 0.148. The number of rotatable bonds is 5. The van der Waals surface area contributed by atoms with E-state index >= 15 is 0 Å². The van der Waals surface area contributed by atoms with Gasteiger partial charge in [0, 0.05) is 29.9 Å². The average Bonchev–Trinajstić information content (AvgIpc) is 3.16. The highest BCUT2D eigenvalue weighted by Crippen LogP contribution is 2.26. The van der Waals surface area contributed by atoms with Crippen LogP contribution in [0.4, 0.5) is 5.69 Å². The van der Waals surface area contributed by atoms with E-state index in [0.717, 1.165) is 5.69 Å². The fourth-order valence-corrected chi connectivity index (χ4v) is 3.36. The van der Waals surface area contributed by atoms with Crippen LogP contribution in [0.3, 0.4) is 0 Å². The highest BCUT2D eigenvalue weighted by atomic mass is 16.4. The van der Waals surface area contributed by atoms with Crippen LogP contribution in [-0.2, 0) is 4.79 Å². The first-order valence-electron chi connectivity index (χ1n) is 8.92. The molecule has 0 aliphatic heterocycles. The van der Waals surface area contributed by atoms with Crippen LogP contribution >= 0.6 is 0 Å². The summed E-state index contributed by atoms with van der Waals surface area (Å²) in [6.07, 6.45) is 1.66. The van der Waals surface area contributed by atoms with Crippen LogP contribution in [0.15, 0.2) is 54.6 Å². The zero-order valence-electron chi connectivity index (χ0n) is 15.1. The van der Waals surface area contributed by atoms with Crippen molar-refractivity contribution in [1.29, 1.82) is 0 Å². The summed E-state index contributed by atoms with van der Waals surface area (Å²) in [6, 6.07) is 15.7. The van der Waals surface area contributed by atoms with Crippen LogP contribution in [-0.4, -0.2) is 36.0 Å². The first-order valence-corrected chi connectivity index (χ1v) is 8.92. The van der Waals surface area contributed by atoms with Crippen molar-refractivity contribution in [3.8, 4) is 0 Å². The molecule has 27 heavy (non-hydrogen) atoms. The van der Waals surface area contributed by atoms with E-state index in [4.69, 9.17) is 5.11 Å². The van der Waals surface area contributed by atoms with Gasteiger partial charge in [0.1, 0.15) is 0 Å². The van der Waals surface area contributed by atoms with Crippen LogP contribution in [0.2, 0.25) is 0 Å². The maximum Gasteiger partial charge on any atom is 0.306 e. The first-order chi connectivity index (χ1) is 13.0.